The number of carbonyl (C=O) groups is 3. The van der Waals surface area contributed by atoms with Gasteiger partial charge in [-0.2, -0.15) is 0 Å². The van der Waals surface area contributed by atoms with Gasteiger partial charge in [-0.1, -0.05) is 23.8 Å². The zero-order chi connectivity index (χ0) is 23.4. The Hall–Kier alpha value is -3.57. The Morgan fingerprint density at radius 2 is 1.28 bits per heavy atom. The molecule has 0 saturated carbocycles. The smallest absolute Gasteiger partial charge is 0.277 e. The number of fused-ring (bicyclic) bond motifs is 1. The Balaban J connectivity index is 1.70. The number of imide groups is 1. The van der Waals surface area contributed by atoms with E-state index in [0.29, 0.717) is 11.1 Å². The van der Waals surface area contributed by atoms with Gasteiger partial charge in [-0.3, -0.25) is 14.5 Å². The van der Waals surface area contributed by atoms with E-state index in [9.17, 15) is 14.4 Å². The molecule has 5 nitrogen and oxygen atoms in total. The second-order valence-electron chi connectivity index (χ2n) is 9.01. The Morgan fingerprint density at radius 1 is 0.719 bits per heavy atom. The van der Waals surface area contributed by atoms with Gasteiger partial charge < -0.3 is 0 Å². The van der Waals surface area contributed by atoms with Crippen molar-refractivity contribution in [1.29, 1.82) is 0 Å². The molecule has 0 unspecified atom stereocenters. The molecule has 1 aliphatic heterocycles. The maximum atomic E-state index is 13.5. The summed E-state index contributed by atoms with van der Waals surface area (Å²) in [5.74, 6) is -0.866. The molecule has 0 saturated heterocycles. The van der Waals surface area contributed by atoms with Crippen molar-refractivity contribution in [3.05, 3.63) is 88.0 Å². The van der Waals surface area contributed by atoms with Gasteiger partial charge in [0.2, 0.25) is 0 Å². The fourth-order valence-corrected chi connectivity index (χ4v) is 4.35. The molecule has 1 heterocycles. The van der Waals surface area contributed by atoms with Crippen molar-refractivity contribution < 1.29 is 14.4 Å². The third-order valence-electron chi connectivity index (χ3n) is 6.37. The molecule has 0 aliphatic carbocycles. The van der Waals surface area contributed by atoms with Gasteiger partial charge in [0.05, 0.1) is 30.8 Å². The minimum Gasteiger partial charge on any atom is -0.277 e. The molecule has 162 valence electrons. The third-order valence-corrected chi connectivity index (χ3v) is 6.37. The van der Waals surface area contributed by atoms with Crippen LogP contribution in [0, 0.1) is 20.8 Å². The van der Waals surface area contributed by atoms with Gasteiger partial charge >= 0.3 is 5.91 Å². The number of carbonyl (C=O) groups excluding carboxylic acids is 3. The molecule has 0 radical (unpaired) electrons. The van der Waals surface area contributed by atoms with E-state index in [2.05, 4.69) is 45.0 Å². The molecule has 0 atom stereocenters. The molecule has 3 amide bonds. The molecule has 0 bridgehead atoms. The minimum atomic E-state index is -0.376. The van der Waals surface area contributed by atoms with Crippen LogP contribution in [-0.4, -0.2) is 43.8 Å². The Morgan fingerprint density at radius 3 is 1.91 bits per heavy atom. The highest BCUT2D eigenvalue weighted by Crippen LogP contribution is 2.33. The summed E-state index contributed by atoms with van der Waals surface area (Å²) in [6, 6.07) is 17.2. The first kappa shape index (κ1) is 21.7. The molecule has 0 fully saturated rings. The summed E-state index contributed by atoms with van der Waals surface area (Å²) in [4.78, 5) is 39.0. The van der Waals surface area contributed by atoms with E-state index >= 15 is 0 Å². The summed E-state index contributed by atoms with van der Waals surface area (Å²) >= 11 is 0. The lowest BCUT2D eigenvalue weighted by atomic mass is 9.94. The molecule has 32 heavy (non-hydrogen) atoms. The van der Waals surface area contributed by atoms with Crippen molar-refractivity contribution in [3.8, 4) is 11.1 Å². The molecule has 0 N–H and O–H groups in total. The van der Waals surface area contributed by atoms with E-state index in [1.807, 2.05) is 26.2 Å². The lowest BCUT2D eigenvalue weighted by Crippen LogP contribution is -2.46. The van der Waals surface area contributed by atoms with Gasteiger partial charge in [0.25, 0.3) is 11.8 Å². The van der Waals surface area contributed by atoms with Crippen molar-refractivity contribution in [1.82, 2.24) is 9.38 Å². The maximum Gasteiger partial charge on any atom is 0.350 e. The van der Waals surface area contributed by atoms with Crippen LogP contribution in [0.3, 0.4) is 0 Å². The second-order valence-corrected chi connectivity index (χ2v) is 9.01. The predicted octanol–water partition coefficient (Wildman–Crippen LogP) is 4.91. The van der Waals surface area contributed by atoms with Gasteiger partial charge in [-0.25, -0.2) is 9.28 Å². The molecule has 0 aromatic heterocycles. The fourth-order valence-electron chi connectivity index (χ4n) is 4.35. The summed E-state index contributed by atoms with van der Waals surface area (Å²) in [7, 11) is 5.12. The molecule has 0 spiro atoms. The highest BCUT2D eigenvalue weighted by Gasteiger charge is 2.36. The van der Waals surface area contributed by atoms with E-state index in [1.165, 1.54) is 29.8 Å². The highest BCUT2D eigenvalue weighted by molar-refractivity contribution is 6.22. The SMILES string of the molecule is Cc1ccc(-c2ccc([N+](C)(C)C(=O)c3ccc4c(c3)C(=O)N(C)C4=O)cc2C)c(C)c1. The first-order chi connectivity index (χ1) is 15.0. The van der Waals surface area contributed by atoms with E-state index in [0.717, 1.165) is 21.7 Å². The summed E-state index contributed by atoms with van der Waals surface area (Å²) in [6.45, 7) is 6.24. The summed E-state index contributed by atoms with van der Waals surface area (Å²) in [6.07, 6.45) is 0. The highest BCUT2D eigenvalue weighted by atomic mass is 16.2. The van der Waals surface area contributed by atoms with E-state index < -0.39 is 0 Å². The topological polar surface area (TPSA) is 54.5 Å². The third kappa shape index (κ3) is 3.35. The van der Waals surface area contributed by atoms with Crippen LogP contribution in [0.2, 0.25) is 0 Å². The minimum absolute atomic E-state index is 0.00916. The van der Waals surface area contributed by atoms with E-state index in [-0.39, 0.29) is 27.8 Å². The van der Waals surface area contributed by atoms with Crippen molar-refractivity contribution >= 4 is 23.4 Å². The van der Waals surface area contributed by atoms with Gasteiger partial charge in [0.1, 0.15) is 5.69 Å². The Labute approximate surface area is 188 Å². The van der Waals surface area contributed by atoms with Crippen LogP contribution in [0.5, 0.6) is 0 Å². The number of amides is 3. The molecular formula is C27H27N2O3+. The van der Waals surface area contributed by atoms with Crippen LogP contribution >= 0.6 is 0 Å². The maximum absolute atomic E-state index is 13.5. The van der Waals surface area contributed by atoms with Gasteiger partial charge in [-0.05, 0) is 67.3 Å². The lowest BCUT2D eigenvalue weighted by molar-refractivity contribution is 0.0692. The number of nitrogens with zero attached hydrogens (tertiary/aromatic N) is 2. The van der Waals surface area contributed by atoms with Gasteiger partial charge in [-0.15, -0.1) is 0 Å². The van der Waals surface area contributed by atoms with Crippen LogP contribution < -0.4 is 4.48 Å². The molecular weight excluding hydrogens is 400 g/mol. The first-order valence-electron chi connectivity index (χ1n) is 10.6. The van der Waals surface area contributed by atoms with Gasteiger partial charge in [0, 0.05) is 19.2 Å². The fraction of sp³-hybridized carbons (Fsp3) is 0.222. The second kappa shape index (κ2) is 7.53. The Kier molecular flexibility index (Phi) is 5.10. The lowest BCUT2D eigenvalue weighted by Gasteiger charge is -2.27. The standard InChI is InChI=1S/C27H27N2O3/c1-16-7-10-21(17(2)13-16)22-12-9-20(14-18(22)3)29(5,6)27(32)19-8-11-23-24(15-19)26(31)28(4)25(23)30/h7-15H,1-6H3/q+1. The van der Waals surface area contributed by atoms with Crippen LogP contribution in [0.4, 0.5) is 5.69 Å². The van der Waals surface area contributed by atoms with E-state index in [4.69, 9.17) is 0 Å². The van der Waals surface area contributed by atoms with Crippen LogP contribution in [0.25, 0.3) is 11.1 Å². The number of aryl methyl sites for hydroxylation is 3. The summed E-state index contributed by atoms with van der Waals surface area (Å²) < 4.78 is -0.00916. The quantitative estimate of drug-likeness (QED) is 0.441. The van der Waals surface area contributed by atoms with Crippen LogP contribution in [0.15, 0.2) is 54.6 Å². The van der Waals surface area contributed by atoms with Gasteiger partial charge in [0.15, 0.2) is 0 Å². The largest absolute Gasteiger partial charge is 0.350 e. The monoisotopic (exact) mass is 427 g/mol. The average molecular weight is 428 g/mol. The number of hydrogen-bond acceptors (Lipinski definition) is 3. The zero-order valence-corrected chi connectivity index (χ0v) is 19.3. The molecule has 4 rings (SSSR count). The summed E-state index contributed by atoms with van der Waals surface area (Å²) in [5.41, 5.74) is 7.73. The number of benzene rings is 3. The molecule has 3 aromatic carbocycles. The number of quaternary nitrogens is 1. The van der Waals surface area contributed by atoms with Crippen LogP contribution in [0.1, 0.15) is 47.8 Å². The predicted molar refractivity (Wildman–Crippen MR) is 127 cm³/mol. The Bertz CT molecular complexity index is 1300. The van der Waals surface area contributed by atoms with Crippen molar-refractivity contribution in [2.75, 3.05) is 21.1 Å². The number of rotatable bonds is 3. The molecule has 5 heteroatoms. The van der Waals surface area contributed by atoms with Crippen molar-refractivity contribution in [3.63, 3.8) is 0 Å². The van der Waals surface area contributed by atoms with Crippen LogP contribution in [-0.2, 0) is 0 Å². The molecule has 1 aliphatic rings. The first-order valence-corrected chi connectivity index (χ1v) is 10.6. The zero-order valence-electron chi connectivity index (χ0n) is 19.3. The summed E-state index contributed by atoms with van der Waals surface area (Å²) in [5, 5.41) is 0. The normalized spacial score (nSPS) is 13.5. The molecule has 3 aromatic rings. The number of hydrogen-bond donors (Lipinski definition) is 0. The van der Waals surface area contributed by atoms with Crippen molar-refractivity contribution in [2.45, 2.75) is 20.8 Å². The van der Waals surface area contributed by atoms with E-state index in [1.54, 1.807) is 12.1 Å². The van der Waals surface area contributed by atoms with Crippen molar-refractivity contribution in [2.24, 2.45) is 0 Å². The average Bonchev–Trinajstić information content (AvgIpc) is 2.97.